The molecule has 0 spiro atoms. The van der Waals surface area contributed by atoms with E-state index >= 15 is 0 Å². The van der Waals surface area contributed by atoms with Crippen molar-refractivity contribution in [1.29, 1.82) is 0 Å². The van der Waals surface area contributed by atoms with Crippen molar-refractivity contribution in [1.82, 2.24) is 15.2 Å². The first-order chi connectivity index (χ1) is 10.3. The van der Waals surface area contributed by atoms with Gasteiger partial charge >= 0.3 is 6.18 Å². The molecule has 5 nitrogen and oxygen atoms in total. The van der Waals surface area contributed by atoms with E-state index in [2.05, 4.69) is 25.8 Å². The van der Waals surface area contributed by atoms with Gasteiger partial charge in [0.25, 0.3) is 0 Å². The summed E-state index contributed by atoms with van der Waals surface area (Å²) in [5.41, 5.74) is -0.442. The fourth-order valence-electron chi connectivity index (χ4n) is 1.66. The van der Waals surface area contributed by atoms with Crippen molar-refractivity contribution in [2.24, 2.45) is 5.92 Å². The molecule has 0 bridgehead atoms. The maximum Gasteiger partial charge on any atom is 0.416 e. The van der Waals surface area contributed by atoms with Crippen LogP contribution in [0.3, 0.4) is 0 Å². The zero-order valence-corrected chi connectivity index (χ0v) is 12.1. The normalized spacial score (nSPS) is 11.5. The van der Waals surface area contributed by atoms with Gasteiger partial charge in [-0.3, -0.25) is 0 Å². The molecule has 0 atom stereocenters. The van der Waals surface area contributed by atoms with Crippen LogP contribution in [0.5, 0.6) is 0 Å². The molecule has 2 rings (SSSR count). The molecule has 2 N–H and O–H groups in total. The van der Waals surface area contributed by atoms with Crippen molar-refractivity contribution in [2.45, 2.75) is 20.0 Å². The van der Waals surface area contributed by atoms with Crippen molar-refractivity contribution in [2.75, 3.05) is 17.2 Å². The van der Waals surface area contributed by atoms with Crippen molar-refractivity contribution in [3.63, 3.8) is 0 Å². The molecule has 0 aliphatic heterocycles. The topological polar surface area (TPSA) is 62.7 Å². The Labute approximate surface area is 126 Å². The lowest BCUT2D eigenvalue weighted by molar-refractivity contribution is -0.137. The third-order valence-corrected chi connectivity index (χ3v) is 2.69. The minimum absolute atomic E-state index is 0.283. The Hall–Kier alpha value is -2.38. The second-order valence-corrected chi connectivity index (χ2v) is 5.14. The van der Waals surface area contributed by atoms with Crippen LogP contribution in [0.2, 0.25) is 0 Å². The van der Waals surface area contributed by atoms with Crippen LogP contribution >= 0.6 is 0 Å². The summed E-state index contributed by atoms with van der Waals surface area (Å²) in [7, 11) is 0. The summed E-state index contributed by atoms with van der Waals surface area (Å²) >= 11 is 0. The van der Waals surface area contributed by atoms with E-state index in [1.807, 2.05) is 13.8 Å². The fourth-order valence-corrected chi connectivity index (χ4v) is 1.66. The number of halogens is 3. The van der Waals surface area contributed by atoms with Gasteiger partial charge in [0.05, 0.1) is 11.8 Å². The van der Waals surface area contributed by atoms with Gasteiger partial charge in [-0.15, -0.1) is 5.10 Å². The maximum atomic E-state index is 12.7. The van der Waals surface area contributed by atoms with E-state index in [1.165, 1.54) is 18.3 Å². The zero-order chi connectivity index (χ0) is 16.2. The Bertz CT molecular complexity index is 628. The molecule has 0 aliphatic rings. The van der Waals surface area contributed by atoms with Crippen LogP contribution in [0.4, 0.5) is 30.6 Å². The number of rotatable bonds is 5. The average molecular weight is 311 g/mol. The van der Waals surface area contributed by atoms with Crippen molar-refractivity contribution < 1.29 is 13.2 Å². The average Bonchev–Trinajstić information content (AvgIpc) is 2.45. The molecule has 0 radical (unpaired) electrons. The smallest absolute Gasteiger partial charge is 0.353 e. The van der Waals surface area contributed by atoms with Gasteiger partial charge in [-0.1, -0.05) is 19.9 Å². The number of aromatic nitrogens is 3. The maximum absolute atomic E-state index is 12.7. The van der Waals surface area contributed by atoms with Gasteiger partial charge in [-0.05, 0) is 24.1 Å². The van der Waals surface area contributed by atoms with Crippen molar-refractivity contribution >= 4 is 17.5 Å². The number of alkyl halides is 3. The summed E-state index contributed by atoms with van der Waals surface area (Å²) in [4.78, 5) is 4.15. The van der Waals surface area contributed by atoms with Crippen LogP contribution in [0.15, 0.2) is 30.5 Å². The monoisotopic (exact) mass is 311 g/mol. The molecule has 0 amide bonds. The Morgan fingerprint density at radius 2 is 2.00 bits per heavy atom. The van der Waals surface area contributed by atoms with Gasteiger partial charge < -0.3 is 10.6 Å². The van der Waals surface area contributed by atoms with Gasteiger partial charge in [0, 0.05) is 12.2 Å². The summed E-state index contributed by atoms with van der Waals surface area (Å²) in [6, 6.07) is 4.89. The van der Waals surface area contributed by atoms with E-state index in [0.29, 0.717) is 24.2 Å². The van der Waals surface area contributed by atoms with Crippen molar-refractivity contribution in [3.05, 3.63) is 36.0 Å². The number of hydrogen-bond acceptors (Lipinski definition) is 5. The fraction of sp³-hybridized carbons (Fsp3) is 0.357. The van der Waals surface area contributed by atoms with Crippen LogP contribution in [0.1, 0.15) is 19.4 Å². The first kappa shape index (κ1) is 16.0. The van der Waals surface area contributed by atoms with Crippen LogP contribution in [0, 0.1) is 5.92 Å². The van der Waals surface area contributed by atoms with E-state index < -0.39 is 11.7 Å². The molecule has 0 saturated heterocycles. The van der Waals surface area contributed by atoms with Gasteiger partial charge in [-0.2, -0.15) is 23.3 Å². The predicted molar refractivity (Wildman–Crippen MR) is 77.9 cm³/mol. The number of nitrogens with zero attached hydrogens (tertiary/aromatic N) is 3. The zero-order valence-electron chi connectivity index (χ0n) is 12.1. The summed E-state index contributed by atoms with van der Waals surface area (Å²) in [5, 5.41) is 13.4. The number of anilines is 3. The van der Waals surface area contributed by atoms with Crippen LogP contribution < -0.4 is 10.6 Å². The Balaban J connectivity index is 2.12. The molecule has 1 heterocycles. The van der Waals surface area contributed by atoms with Crippen molar-refractivity contribution in [3.8, 4) is 0 Å². The first-order valence-electron chi connectivity index (χ1n) is 6.72. The molecular formula is C14H16F3N5. The standard InChI is InChI=1S/C14H16F3N5/c1-9(2)7-18-13-21-12(8-19-22-13)20-11-5-3-4-10(6-11)14(15,16)17/h3-6,8-9H,7H2,1-2H3,(H2,18,20,21,22). The highest BCUT2D eigenvalue weighted by Crippen LogP contribution is 2.31. The Morgan fingerprint density at radius 1 is 1.23 bits per heavy atom. The minimum atomic E-state index is -4.38. The number of benzene rings is 1. The third kappa shape index (κ3) is 4.57. The molecule has 2 aromatic rings. The SMILES string of the molecule is CC(C)CNc1nncc(Nc2cccc(C(F)(F)F)c2)n1. The van der Waals surface area contributed by atoms with Gasteiger partial charge in [-0.25, -0.2) is 0 Å². The van der Waals surface area contributed by atoms with Gasteiger partial charge in [0.2, 0.25) is 5.95 Å². The predicted octanol–water partition coefficient (Wildman–Crippen LogP) is 3.70. The van der Waals surface area contributed by atoms with E-state index in [4.69, 9.17) is 0 Å². The summed E-state index contributed by atoms with van der Waals surface area (Å²) < 4.78 is 38.0. The van der Waals surface area contributed by atoms with Crippen LogP contribution in [0.25, 0.3) is 0 Å². The highest BCUT2D eigenvalue weighted by atomic mass is 19.4. The lowest BCUT2D eigenvalue weighted by Gasteiger charge is -2.11. The van der Waals surface area contributed by atoms with Gasteiger partial charge in [0.15, 0.2) is 5.82 Å². The van der Waals surface area contributed by atoms with Crippen LogP contribution in [-0.2, 0) is 6.18 Å². The minimum Gasteiger partial charge on any atom is -0.353 e. The highest BCUT2D eigenvalue weighted by molar-refractivity contribution is 5.57. The molecule has 1 aromatic heterocycles. The molecule has 0 saturated carbocycles. The summed E-state index contributed by atoms with van der Waals surface area (Å²) in [5.74, 6) is 1.05. The highest BCUT2D eigenvalue weighted by Gasteiger charge is 2.30. The first-order valence-corrected chi connectivity index (χ1v) is 6.72. The van der Waals surface area contributed by atoms with E-state index in [9.17, 15) is 13.2 Å². The molecule has 1 aromatic carbocycles. The molecule has 22 heavy (non-hydrogen) atoms. The molecule has 118 valence electrons. The molecule has 0 unspecified atom stereocenters. The van der Waals surface area contributed by atoms with Gasteiger partial charge in [0.1, 0.15) is 0 Å². The van der Waals surface area contributed by atoms with Crippen LogP contribution in [-0.4, -0.2) is 21.7 Å². The summed E-state index contributed by atoms with van der Waals surface area (Å²) in [6.07, 6.45) is -3.04. The Kier molecular flexibility index (Phi) is 4.79. The lowest BCUT2D eigenvalue weighted by atomic mass is 10.2. The molecule has 0 aliphatic carbocycles. The second-order valence-electron chi connectivity index (χ2n) is 5.14. The largest absolute Gasteiger partial charge is 0.416 e. The quantitative estimate of drug-likeness (QED) is 0.881. The third-order valence-electron chi connectivity index (χ3n) is 2.69. The lowest BCUT2D eigenvalue weighted by Crippen LogP contribution is -2.12. The number of nitrogens with one attached hydrogen (secondary N) is 2. The Morgan fingerprint density at radius 3 is 2.68 bits per heavy atom. The number of hydrogen-bond donors (Lipinski definition) is 2. The van der Waals surface area contributed by atoms with E-state index in [-0.39, 0.29) is 5.69 Å². The molecule has 0 fully saturated rings. The molecule has 8 heteroatoms. The van der Waals surface area contributed by atoms with E-state index in [0.717, 1.165) is 12.1 Å². The summed E-state index contributed by atoms with van der Waals surface area (Å²) in [6.45, 7) is 4.74. The molecular weight excluding hydrogens is 295 g/mol. The second kappa shape index (κ2) is 6.59. The van der Waals surface area contributed by atoms with E-state index in [1.54, 1.807) is 0 Å².